The van der Waals surface area contributed by atoms with Crippen LogP contribution in [0.15, 0.2) is 39.8 Å². The average Bonchev–Trinajstić information content (AvgIpc) is 2.66. The van der Waals surface area contributed by atoms with Crippen LogP contribution in [0.25, 0.3) is 0 Å². The number of furan rings is 1. The first-order valence-corrected chi connectivity index (χ1v) is 5.86. The first-order valence-electron chi connectivity index (χ1n) is 4.87. The summed E-state index contributed by atoms with van der Waals surface area (Å²) in [5, 5.41) is 0. The van der Waals surface area contributed by atoms with Gasteiger partial charge in [-0.25, -0.2) is 4.39 Å². The fraction of sp³-hybridized carbons (Fsp3) is 0.167. The summed E-state index contributed by atoms with van der Waals surface area (Å²) < 4.78 is 18.2. The SMILES string of the molecule is Cc1occc1SCc1cc(F)ccc1N. The molecule has 0 saturated carbocycles. The van der Waals surface area contributed by atoms with Crippen molar-refractivity contribution >= 4 is 17.4 Å². The van der Waals surface area contributed by atoms with Crippen LogP contribution in [0.4, 0.5) is 10.1 Å². The Kier molecular flexibility index (Phi) is 3.19. The molecule has 2 N–H and O–H groups in total. The largest absolute Gasteiger partial charge is 0.468 e. The summed E-state index contributed by atoms with van der Waals surface area (Å²) in [6.45, 7) is 1.90. The quantitative estimate of drug-likeness (QED) is 0.654. The van der Waals surface area contributed by atoms with E-state index in [1.807, 2.05) is 13.0 Å². The van der Waals surface area contributed by atoms with Gasteiger partial charge in [0.1, 0.15) is 11.6 Å². The van der Waals surface area contributed by atoms with Crippen LogP contribution in [0.5, 0.6) is 0 Å². The Morgan fingerprint density at radius 1 is 1.38 bits per heavy atom. The van der Waals surface area contributed by atoms with E-state index in [1.54, 1.807) is 24.1 Å². The molecule has 4 heteroatoms. The number of anilines is 1. The van der Waals surface area contributed by atoms with Crippen molar-refractivity contribution in [2.75, 3.05) is 5.73 Å². The first kappa shape index (κ1) is 11.1. The molecule has 0 amide bonds. The van der Waals surface area contributed by atoms with Crippen LogP contribution in [0.2, 0.25) is 0 Å². The van der Waals surface area contributed by atoms with Crippen molar-refractivity contribution in [1.29, 1.82) is 0 Å². The molecule has 0 unspecified atom stereocenters. The molecule has 1 aromatic carbocycles. The summed E-state index contributed by atoms with van der Waals surface area (Å²) in [5.74, 6) is 1.26. The fourth-order valence-electron chi connectivity index (χ4n) is 1.38. The third-order valence-electron chi connectivity index (χ3n) is 2.30. The van der Waals surface area contributed by atoms with Gasteiger partial charge in [0.2, 0.25) is 0 Å². The molecule has 1 aromatic heterocycles. The minimum atomic E-state index is -0.256. The van der Waals surface area contributed by atoms with Crippen LogP contribution >= 0.6 is 11.8 Å². The first-order chi connectivity index (χ1) is 7.66. The fourth-order valence-corrected chi connectivity index (χ4v) is 2.34. The number of nitrogens with two attached hydrogens (primary N) is 1. The highest BCUT2D eigenvalue weighted by Gasteiger charge is 2.05. The molecule has 0 bridgehead atoms. The molecule has 84 valence electrons. The van der Waals surface area contributed by atoms with E-state index in [0.29, 0.717) is 11.4 Å². The van der Waals surface area contributed by atoms with E-state index in [4.69, 9.17) is 10.2 Å². The maximum atomic E-state index is 13.0. The van der Waals surface area contributed by atoms with Crippen molar-refractivity contribution < 1.29 is 8.81 Å². The smallest absolute Gasteiger partial charge is 0.123 e. The molecule has 0 aliphatic carbocycles. The van der Waals surface area contributed by atoms with Gasteiger partial charge < -0.3 is 10.2 Å². The monoisotopic (exact) mass is 237 g/mol. The van der Waals surface area contributed by atoms with Crippen LogP contribution in [-0.4, -0.2) is 0 Å². The lowest BCUT2D eigenvalue weighted by Crippen LogP contribution is -1.93. The lowest BCUT2D eigenvalue weighted by Gasteiger charge is -2.04. The number of hydrogen-bond acceptors (Lipinski definition) is 3. The summed E-state index contributed by atoms with van der Waals surface area (Å²) in [7, 11) is 0. The minimum absolute atomic E-state index is 0.256. The number of benzene rings is 1. The van der Waals surface area contributed by atoms with Gasteiger partial charge in [-0.05, 0) is 36.8 Å². The molecular formula is C12H12FNOS. The molecule has 1 heterocycles. The highest BCUT2D eigenvalue weighted by molar-refractivity contribution is 7.98. The predicted molar refractivity (Wildman–Crippen MR) is 63.8 cm³/mol. The second kappa shape index (κ2) is 4.61. The third kappa shape index (κ3) is 2.39. The lowest BCUT2D eigenvalue weighted by atomic mass is 10.2. The van der Waals surface area contributed by atoms with Crippen LogP contribution in [-0.2, 0) is 5.75 Å². The molecule has 0 spiro atoms. The van der Waals surface area contributed by atoms with Crippen LogP contribution < -0.4 is 5.73 Å². The Balaban J connectivity index is 2.10. The Morgan fingerprint density at radius 3 is 2.88 bits per heavy atom. The van der Waals surface area contributed by atoms with Crippen LogP contribution in [0.1, 0.15) is 11.3 Å². The molecule has 2 aromatic rings. The van der Waals surface area contributed by atoms with Crippen LogP contribution in [0, 0.1) is 12.7 Å². The van der Waals surface area contributed by atoms with Gasteiger partial charge in [-0.15, -0.1) is 11.8 Å². The van der Waals surface area contributed by atoms with Crippen LogP contribution in [0.3, 0.4) is 0 Å². The Labute approximate surface area is 97.6 Å². The highest BCUT2D eigenvalue weighted by atomic mass is 32.2. The number of hydrogen-bond donors (Lipinski definition) is 1. The van der Waals surface area contributed by atoms with E-state index >= 15 is 0 Å². The van der Waals surface area contributed by atoms with Gasteiger partial charge >= 0.3 is 0 Å². The minimum Gasteiger partial charge on any atom is -0.468 e. The maximum Gasteiger partial charge on any atom is 0.123 e. The third-order valence-corrected chi connectivity index (χ3v) is 3.49. The van der Waals surface area contributed by atoms with Crippen molar-refractivity contribution in [2.45, 2.75) is 17.6 Å². The zero-order valence-corrected chi connectivity index (χ0v) is 9.68. The second-order valence-corrected chi connectivity index (χ2v) is 4.49. The number of thioether (sulfide) groups is 1. The number of halogens is 1. The van der Waals surface area contributed by atoms with Gasteiger partial charge in [0.05, 0.1) is 6.26 Å². The van der Waals surface area contributed by atoms with Crippen molar-refractivity contribution in [2.24, 2.45) is 0 Å². The lowest BCUT2D eigenvalue weighted by molar-refractivity contribution is 0.527. The summed E-state index contributed by atoms with van der Waals surface area (Å²) in [5.41, 5.74) is 7.19. The van der Waals surface area contributed by atoms with Gasteiger partial charge in [-0.1, -0.05) is 0 Å². The van der Waals surface area contributed by atoms with Crippen molar-refractivity contribution in [3.8, 4) is 0 Å². The number of aryl methyl sites for hydroxylation is 1. The normalized spacial score (nSPS) is 10.6. The Hall–Kier alpha value is -1.42. The van der Waals surface area contributed by atoms with E-state index in [1.165, 1.54) is 12.1 Å². The molecule has 0 aliphatic rings. The zero-order chi connectivity index (χ0) is 11.5. The topological polar surface area (TPSA) is 39.2 Å². The molecule has 2 rings (SSSR count). The van der Waals surface area contributed by atoms with E-state index in [-0.39, 0.29) is 5.82 Å². The Morgan fingerprint density at radius 2 is 2.19 bits per heavy atom. The summed E-state index contributed by atoms with van der Waals surface area (Å²) >= 11 is 1.59. The van der Waals surface area contributed by atoms with E-state index in [0.717, 1.165) is 16.2 Å². The molecule has 16 heavy (non-hydrogen) atoms. The van der Waals surface area contributed by atoms with E-state index < -0.39 is 0 Å². The summed E-state index contributed by atoms with van der Waals surface area (Å²) in [4.78, 5) is 1.06. The standard InChI is InChI=1S/C12H12FNOS/c1-8-12(4-5-15-8)16-7-9-6-10(13)2-3-11(9)14/h2-6H,7,14H2,1H3. The molecular weight excluding hydrogens is 225 g/mol. The van der Waals surface area contributed by atoms with Gasteiger partial charge in [-0.3, -0.25) is 0 Å². The second-order valence-electron chi connectivity index (χ2n) is 3.47. The Bertz CT molecular complexity index is 496. The molecule has 0 saturated heterocycles. The average molecular weight is 237 g/mol. The highest BCUT2D eigenvalue weighted by Crippen LogP contribution is 2.28. The van der Waals surface area contributed by atoms with Gasteiger partial charge in [0.15, 0.2) is 0 Å². The van der Waals surface area contributed by atoms with E-state index in [2.05, 4.69) is 0 Å². The molecule has 0 atom stereocenters. The molecule has 0 radical (unpaired) electrons. The van der Waals surface area contributed by atoms with E-state index in [9.17, 15) is 4.39 Å². The molecule has 0 fully saturated rings. The molecule has 2 nitrogen and oxygen atoms in total. The van der Waals surface area contributed by atoms with Gasteiger partial charge in [-0.2, -0.15) is 0 Å². The zero-order valence-electron chi connectivity index (χ0n) is 8.87. The molecule has 0 aliphatic heterocycles. The van der Waals surface area contributed by atoms with Crippen molar-refractivity contribution in [3.63, 3.8) is 0 Å². The predicted octanol–water partition coefficient (Wildman–Crippen LogP) is 3.60. The summed E-state index contributed by atoms with van der Waals surface area (Å²) in [6, 6.07) is 6.33. The van der Waals surface area contributed by atoms with Crippen molar-refractivity contribution in [1.82, 2.24) is 0 Å². The van der Waals surface area contributed by atoms with Gasteiger partial charge in [0.25, 0.3) is 0 Å². The number of nitrogen functional groups attached to an aromatic ring is 1. The summed E-state index contributed by atoms with van der Waals surface area (Å²) in [6.07, 6.45) is 1.65. The van der Waals surface area contributed by atoms with Crippen molar-refractivity contribution in [3.05, 3.63) is 47.7 Å². The maximum absolute atomic E-state index is 13.0. The number of rotatable bonds is 3. The van der Waals surface area contributed by atoms with Gasteiger partial charge in [0, 0.05) is 16.3 Å².